The quantitative estimate of drug-likeness (QED) is 0.765. The number of fused-ring (bicyclic) bond motifs is 1. The van der Waals surface area contributed by atoms with Gasteiger partial charge in [0.1, 0.15) is 11.6 Å². The van der Waals surface area contributed by atoms with E-state index >= 15 is 0 Å². The standard InChI is InChI=1S/C21H24FN5/c1-13-5-14(2)12-27(11-13)21-7-16(22)6-20(26-21)18-4-3-15-10-24-17(9-23)8-19(15)25-18/h3-4,6-8,10,13-14H,5,9,11-12,23H2,1-2H3/t13-,14+. The van der Waals surface area contributed by atoms with E-state index in [9.17, 15) is 4.39 Å². The molecule has 0 spiro atoms. The predicted octanol–water partition coefficient (Wildman–Crippen LogP) is 3.77. The summed E-state index contributed by atoms with van der Waals surface area (Å²) >= 11 is 0. The molecular formula is C21H24FN5. The van der Waals surface area contributed by atoms with Crippen LogP contribution in [0.3, 0.4) is 0 Å². The smallest absolute Gasteiger partial charge is 0.132 e. The van der Waals surface area contributed by atoms with Crippen molar-refractivity contribution in [3.05, 3.63) is 48.0 Å². The molecule has 27 heavy (non-hydrogen) atoms. The number of rotatable bonds is 3. The number of aromatic nitrogens is 3. The van der Waals surface area contributed by atoms with Crippen molar-refractivity contribution in [2.75, 3.05) is 18.0 Å². The molecule has 1 aliphatic heterocycles. The fourth-order valence-electron chi connectivity index (χ4n) is 3.94. The second kappa shape index (κ2) is 7.19. The van der Waals surface area contributed by atoms with Gasteiger partial charge in [-0.1, -0.05) is 13.8 Å². The van der Waals surface area contributed by atoms with E-state index in [-0.39, 0.29) is 5.82 Å². The van der Waals surface area contributed by atoms with Crippen molar-refractivity contribution < 1.29 is 4.39 Å². The first kappa shape index (κ1) is 17.8. The third kappa shape index (κ3) is 3.76. The van der Waals surface area contributed by atoms with Gasteiger partial charge in [-0.3, -0.25) is 4.98 Å². The number of pyridine rings is 3. The summed E-state index contributed by atoms with van der Waals surface area (Å²) in [5.74, 6) is 1.54. The number of nitrogens with zero attached hydrogens (tertiary/aromatic N) is 4. The van der Waals surface area contributed by atoms with Crippen LogP contribution >= 0.6 is 0 Å². The third-order valence-electron chi connectivity index (χ3n) is 5.07. The molecule has 0 aromatic carbocycles. The first-order valence-electron chi connectivity index (χ1n) is 9.40. The van der Waals surface area contributed by atoms with Crippen LogP contribution in [0.5, 0.6) is 0 Å². The largest absolute Gasteiger partial charge is 0.356 e. The summed E-state index contributed by atoms with van der Waals surface area (Å²) in [7, 11) is 0. The highest BCUT2D eigenvalue weighted by atomic mass is 19.1. The molecule has 2 atom stereocenters. The summed E-state index contributed by atoms with van der Waals surface area (Å²) in [6, 6.07) is 8.62. The fraction of sp³-hybridized carbons (Fsp3) is 0.381. The number of nitrogens with two attached hydrogens (primary N) is 1. The van der Waals surface area contributed by atoms with Gasteiger partial charge in [-0.2, -0.15) is 0 Å². The number of halogens is 1. The van der Waals surface area contributed by atoms with Gasteiger partial charge in [-0.25, -0.2) is 14.4 Å². The zero-order chi connectivity index (χ0) is 19.0. The van der Waals surface area contributed by atoms with Crippen LogP contribution in [0.1, 0.15) is 26.0 Å². The molecule has 140 valence electrons. The van der Waals surface area contributed by atoms with Gasteiger partial charge in [-0.15, -0.1) is 0 Å². The molecule has 4 rings (SSSR count). The van der Waals surface area contributed by atoms with Crippen LogP contribution in [-0.4, -0.2) is 28.0 Å². The Kier molecular flexibility index (Phi) is 4.74. The van der Waals surface area contributed by atoms with E-state index in [1.165, 1.54) is 18.6 Å². The zero-order valence-electron chi connectivity index (χ0n) is 15.7. The number of hydrogen-bond acceptors (Lipinski definition) is 5. The summed E-state index contributed by atoms with van der Waals surface area (Å²) in [5.41, 5.74) is 8.43. The Morgan fingerprint density at radius 1 is 1.07 bits per heavy atom. The second-order valence-corrected chi connectivity index (χ2v) is 7.65. The molecule has 0 bridgehead atoms. The summed E-state index contributed by atoms with van der Waals surface area (Å²) in [6.45, 7) is 6.62. The van der Waals surface area contributed by atoms with Crippen LogP contribution in [-0.2, 0) is 6.54 Å². The second-order valence-electron chi connectivity index (χ2n) is 7.65. The molecule has 4 heterocycles. The highest BCUT2D eigenvalue weighted by Crippen LogP contribution is 2.28. The van der Waals surface area contributed by atoms with Crippen molar-refractivity contribution in [2.24, 2.45) is 17.6 Å². The molecule has 0 saturated carbocycles. The highest BCUT2D eigenvalue weighted by Gasteiger charge is 2.23. The lowest BCUT2D eigenvalue weighted by molar-refractivity contribution is 0.355. The number of anilines is 1. The van der Waals surface area contributed by atoms with E-state index in [0.717, 1.165) is 29.7 Å². The van der Waals surface area contributed by atoms with Crippen LogP contribution in [0, 0.1) is 17.7 Å². The molecular weight excluding hydrogens is 341 g/mol. The molecule has 1 aliphatic rings. The lowest BCUT2D eigenvalue weighted by Gasteiger charge is -2.36. The molecule has 0 aliphatic carbocycles. The van der Waals surface area contributed by atoms with Crippen LogP contribution < -0.4 is 10.6 Å². The minimum atomic E-state index is -0.292. The average molecular weight is 365 g/mol. The van der Waals surface area contributed by atoms with E-state index in [1.807, 2.05) is 18.2 Å². The molecule has 3 aromatic rings. The molecule has 5 nitrogen and oxygen atoms in total. The monoisotopic (exact) mass is 365 g/mol. The first-order valence-corrected chi connectivity index (χ1v) is 9.40. The SMILES string of the molecule is C[C@@H]1C[C@H](C)CN(c2cc(F)cc(-c3ccc4cnc(CN)cc4n3)n2)C1. The van der Waals surface area contributed by atoms with E-state index in [2.05, 4.69) is 28.7 Å². The average Bonchev–Trinajstić information content (AvgIpc) is 2.65. The molecule has 1 saturated heterocycles. The van der Waals surface area contributed by atoms with Crippen molar-refractivity contribution in [3.8, 4) is 11.4 Å². The summed E-state index contributed by atoms with van der Waals surface area (Å²) in [5, 5.41) is 0.922. The predicted molar refractivity (Wildman–Crippen MR) is 106 cm³/mol. The van der Waals surface area contributed by atoms with Crippen LogP contribution in [0.2, 0.25) is 0 Å². The Morgan fingerprint density at radius 3 is 2.59 bits per heavy atom. The molecule has 0 radical (unpaired) electrons. The Bertz CT molecular complexity index is 964. The zero-order valence-corrected chi connectivity index (χ0v) is 15.7. The normalized spacial score (nSPS) is 20.2. The third-order valence-corrected chi connectivity index (χ3v) is 5.07. The van der Waals surface area contributed by atoms with Gasteiger partial charge in [0.05, 0.1) is 22.6 Å². The Labute approximate surface area is 158 Å². The van der Waals surface area contributed by atoms with E-state index in [1.54, 1.807) is 6.20 Å². The van der Waals surface area contributed by atoms with Crippen LogP contribution in [0.15, 0.2) is 36.5 Å². The molecule has 0 amide bonds. The van der Waals surface area contributed by atoms with Gasteiger partial charge in [0.2, 0.25) is 0 Å². The Morgan fingerprint density at radius 2 is 1.85 bits per heavy atom. The molecule has 2 N–H and O–H groups in total. The maximum absolute atomic E-state index is 14.4. The summed E-state index contributed by atoms with van der Waals surface area (Å²) in [6.07, 6.45) is 2.96. The summed E-state index contributed by atoms with van der Waals surface area (Å²) < 4.78 is 14.4. The Balaban J connectivity index is 1.73. The minimum Gasteiger partial charge on any atom is -0.356 e. The number of hydrogen-bond donors (Lipinski definition) is 1. The highest BCUT2D eigenvalue weighted by molar-refractivity contribution is 5.80. The van der Waals surface area contributed by atoms with E-state index in [0.29, 0.717) is 35.6 Å². The van der Waals surface area contributed by atoms with Crippen LogP contribution in [0.25, 0.3) is 22.3 Å². The maximum Gasteiger partial charge on any atom is 0.132 e. The van der Waals surface area contributed by atoms with Gasteiger partial charge in [0, 0.05) is 43.4 Å². The maximum atomic E-state index is 14.4. The molecule has 0 unspecified atom stereocenters. The molecule has 3 aromatic heterocycles. The molecule has 6 heteroatoms. The number of piperidine rings is 1. The topological polar surface area (TPSA) is 67.9 Å². The van der Waals surface area contributed by atoms with Crippen LogP contribution in [0.4, 0.5) is 10.2 Å². The van der Waals surface area contributed by atoms with Crippen molar-refractivity contribution in [3.63, 3.8) is 0 Å². The Hall–Kier alpha value is -2.60. The van der Waals surface area contributed by atoms with Gasteiger partial charge in [0.15, 0.2) is 0 Å². The van der Waals surface area contributed by atoms with Gasteiger partial charge in [0.25, 0.3) is 0 Å². The first-order chi connectivity index (χ1) is 13.0. The fourth-order valence-corrected chi connectivity index (χ4v) is 3.94. The van der Waals surface area contributed by atoms with Crippen molar-refractivity contribution in [1.82, 2.24) is 15.0 Å². The molecule has 1 fully saturated rings. The van der Waals surface area contributed by atoms with Crippen molar-refractivity contribution in [2.45, 2.75) is 26.8 Å². The van der Waals surface area contributed by atoms with Gasteiger partial charge < -0.3 is 10.6 Å². The van der Waals surface area contributed by atoms with Gasteiger partial charge >= 0.3 is 0 Å². The van der Waals surface area contributed by atoms with Crippen molar-refractivity contribution >= 4 is 16.7 Å². The summed E-state index contributed by atoms with van der Waals surface area (Å²) in [4.78, 5) is 15.9. The van der Waals surface area contributed by atoms with Gasteiger partial charge in [-0.05, 0) is 36.5 Å². The lowest BCUT2D eigenvalue weighted by Crippen LogP contribution is -2.39. The van der Waals surface area contributed by atoms with E-state index < -0.39 is 0 Å². The van der Waals surface area contributed by atoms with Crippen molar-refractivity contribution in [1.29, 1.82) is 0 Å². The lowest BCUT2D eigenvalue weighted by atomic mass is 9.92. The minimum absolute atomic E-state index is 0.292. The van der Waals surface area contributed by atoms with E-state index in [4.69, 9.17) is 10.7 Å².